The van der Waals surface area contributed by atoms with Crippen molar-refractivity contribution in [2.24, 2.45) is 0 Å². The molecule has 30 heavy (non-hydrogen) atoms. The van der Waals surface area contributed by atoms with Crippen molar-refractivity contribution in [1.82, 2.24) is 14.9 Å². The molecule has 2 aromatic rings. The maximum Gasteiger partial charge on any atom is 0.390 e. The maximum atomic E-state index is 14.0. The summed E-state index contributed by atoms with van der Waals surface area (Å²) in [7, 11) is 0. The van der Waals surface area contributed by atoms with Gasteiger partial charge in [-0.1, -0.05) is 19.4 Å². The number of nitrogens with one attached hydrogen (secondary N) is 1. The van der Waals surface area contributed by atoms with E-state index in [1.54, 1.807) is 12.3 Å². The molecular weight excluding hydrogens is 422 g/mol. The van der Waals surface area contributed by atoms with Crippen LogP contribution in [-0.4, -0.2) is 38.6 Å². The average Bonchev–Trinajstić information content (AvgIpc) is 3.00. The van der Waals surface area contributed by atoms with Crippen molar-refractivity contribution in [1.29, 1.82) is 0 Å². The summed E-state index contributed by atoms with van der Waals surface area (Å²) in [5, 5.41) is 11.1. The van der Waals surface area contributed by atoms with E-state index in [-0.39, 0.29) is 19.6 Å². The Bertz CT molecular complexity index is 855. The highest BCUT2D eigenvalue weighted by molar-refractivity contribution is 7.81. The third-order valence-corrected chi connectivity index (χ3v) is 4.90. The fourth-order valence-corrected chi connectivity index (χ4v) is 3.38. The Hall–Kier alpha value is -2.07. The minimum atomic E-state index is -4.27. The molecular formula is C20H25F4N3O2S. The topological polar surface area (TPSA) is 67.2 Å². The van der Waals surface area contributed by atoms with Gasteiger partial charge in [0.1, 0.15) is 11.6 Å². The van der Waals surface area contributed by atoms with Crippen molar-refractivity contribution in [2.45, 2.75) is 57.1 Å². The smallest absolute Gasteiger partial charge is 0.390 e. The van der Waals surface area contributed by atoms with E-state index in [1.165, 1.54) is 12.1 Å². The maximum absolute atomic E-state index is 14.0. The summed E-state index contributed by atoms with van der Waals surface area (Å²) in [4.78, 5) is 15.4. The Labute approximate surface area is 177 Å². The van der Waals surface area contributed by atoms with Gasteiger partial charge in [0, 0.05) is 37.5 Å². The first-order chi connectivity index (χ1) is 14.1. The van der Waals surface area contributed by atoms with Gasteiger partial charge in [0.15, 0.2) is 0 Å². The van der Waals surface area contributed by atoms with E-state index < -0.39 is 35.2 Å². The van der Waals surface area contributed by atoms with Crippen LogP contribution in [0.2, 0.25) is 0 Å². The largest absolute Gasteiger partial charge is 0.478 e. The number of unbranched alkanes of at least 4 members (excludes halogenated alkanes) is 1. The number of nitrogens with zero attached hydrogens (tertiary/aromatic N) is 2. The molecule has 0 aliphatic heterocycles. The number of alkyl halides is 3. The lowest BCUT2D eigenvalue weighted by molar-refractivity contribution is -0.133. The molecule has 0 saturated heterocycles. The SMILES string of the molecule is CCCCc1ncc(CNCC(S)CC(F)(F)F)n1Cc1ccc(C(=O)O)c(F)c1. The molecule has 1 atom stereocenters. The minimum Gasteiger partial charge on any atom is -0.478 e. The number of halogens is 4. The molecule has 5 nitrogen and oxygen atoms in total. The van der Waals surface area contributed by atoms with Crippen molar-refractivity contribution in [3.63, 3.8) is 0 Å². The van der Waals surface area contributed by atoms with Gasteiger partial charge in [0.05, 0.1) is 17.7 Å². The number of hydrogen-bond acceptors (Lipinski definition) is 4. The molecule has 1 aromatic heterocycles. The van der Waals surface area contributed by atoms with Crippen LogP contribution in [0.1, 0.15) is 53.6 Å². The summed E-state index contributed by atoms with van der Waals surface area (Å²) in [5.41, 5.74) is 0.914. The molecule has 0 spiro atoms. The molecule has 166 valence electrons. The van der Waals surface area contributed by atoms with Crippen LogP contribution >= 0.6 is 12.6 Å². The first-order valence-electron chi connectivity index (χ1n) is 9.61. The van der Waals surface area contributed by atoms with Gasteiger partial charge in [-0.05, 0) is 24.1 Å². The van der Waals surface area contributed by atoms with Crippen LogP contribution in [-0.2, 0) is 19.5 Å². The number of aryl methyl sites for hydroxylation is 1. The fraction of sp³-hybridized carbons (Fsp3) is 0.500. The number of hydrogen-bond donors (Lipinski definition) is 3. The molecule has 1 unspecified atom stereocenters. The van der Waals surface area contributed by atoms with E-state index in [9.17, 15) is 22.4 Å². The Morgan fingerprint density at radius 1 is 1.37 bits per heavy atom. The molecule has 2 rings (SSSR count). The molecule has 10 heteroatoms. The van der Waals surface area contributed by atoms with E-state index >= 15 is 0 Å². The van der Waals surface area contributed by atoms with Crippen LogP contribution in [0.25, 0.3) is 0 Å². The number of aromatic carboxylic acids is 1. The summed E-state index contributed by atoms with van der Waals surface area (Å²) in [6, 6.07) is 3.94. The van der Waals surface area contributed by atoms with Crippen molar-refractivity contribution < 1.29 is 27.5 Å². The van der Waals surface area contributed by atoms with Gasteiger partial charge < -0.3 is 15.0 Å². The second kappa shape index (κ2) is 10.8. The quantitative estimate of drug-likeness (QED) is 0.352. The number of thiol groups is 1. The monoisotopic (exact) mass is 447 g/mol. The standard InChI is InChI=1S/C20H25F4N3O2S/c1-2-3-4-18-26-10-14(9-25-11-15(30)8-20(22,23)24)27(18)12-13-5-6-16(19(28)29)17(21)7-13/h5-7,10,15,25,30H,2-4,8-9,11-12H2,1H3,(H,28,29). The molecule has 0 bridgehead atoms. The zero-order valence-corrected chi connectivity index (χ0v) is 17.4. The van der Waals surface area contributed by atoms with Gasteiger partial charge in [0.2, 0.25) is 0 Å². The van der Waals surface area contributed by atoms with Crippen molar-refractivity contribution >= 4 is 18.6 Å². The lowest BCUT2D eigenvalue weighted by Gasteiger charge is -2.16. The zero-order chi connectivity index (χ0) is 22.3. The lowest BCUT2D eigenvalue weighted by Crippen LogP contribution is -2.28. The van der Waals surface area contributed by atoms with Gasteiger partial charge in [-0.25, -0.2) is 14.2 Å². The Morgan fingerprint density at radius 2 is 2.10 bits per heavy atom. The summed E-state index contributed by atoms with van der Waals surface area (Å²) in [6.45, 7) is 2.67. The molecule has 0 aliphatic carbocycles. The van der Waals surface area contributed by atoms with Gasteiger partial charge in [0.25, 0.3) is 0 Å². The highest BCUT2D eigenvalue weighted by atomic mass is 32.1. The zero-order valence-electron chi connectivity index (χ0n) is 16.5. The third-order valence-electron chi connectivity index (χ3n) is 4.53. The van der Waals surface area contributed by atoms with Crippen LogP contribution in [0, 0.1) is 5.82 Å². The number of benzene rings is 1. The molecule has 1 heterocycles. The first kappa shape index (κ1) is 24.2. The summed E-state index contributed by atoms with van der Waals surface area (Å²) >= 11 is 3.97. The Kier molecular flexibility index (Phi) is 8.72. The minimum absolute atomic E-state index is 0.0695. The van der Waals surface area contributed by atoms with E-state index in [1.807, 2.05) is 11.5 Å². The first-order valence-corrected chi connectivity index (χ1v) is 10.1. The molecule has 0 aliphatic rings. The van der Waals surface area contributed by atoms with E-state index in [2.05, 4.69) is 22.9 Å². The number of carboxylic acid groups (broad SMARTS) is 1. The van der Waals surface area contributed by atoms with Gasteiger partial charge in [-0.15, -0.1) is 0 Å². The summed E-state index contributed by atoms with van der Waals surface area (Å²) in [6.07, 6.45) is -1.04. The second-order valence-corrected chi connectivity index (χ2v) is 7.81. The highest BCUT2D eigenvalue weighted by Crippen LogP contribution is 2.23. The normalized spacial score (nSPS) is 12.9. The Balaban J connectivity index is 2.13. The van der Waals surface area contributed by atoms with Crippen LogP contribution in [0.5, 0.6) is 0 Å². The van der Waals surface area contributed by atoms with E-state index in [0.717, 1.165) is 24.4 Å². The number of aromatic nitrogens is 2. The number of carboxylic acids is 1. The van der Waals surface area contributed by atoms with Crippen LogP contribution < -0.4 is 5.32 Å². The van der Waals surface area contributed by atoms with Crippen LogP contribution in [0.4, 0.5) is 17.6 Å². The van der Waals surface area contributed by atoms with Crippen molar-refractivity contribution in [3.8, 4) is 0 Å². The van der Waals surface area contributed by atoms with Crippen LogP contribution in [0.15, 0.2) is 24.4 Å². The fourth-order valence-electron chi connectivity index (χ4n) is 3.04. The van der Waals surface area contributed by atoms with E-state index in [4.69, 9.17) is 5.11 Å². The van der Waals surface area contributed by atoms with Gasteiger partial charge in [-0.2, -0.15) is 25.8 Å². The van der Waals surface area contributed by atoms with Crippen LogP contribution in [0.3, 0.4) is 0 Å². The highest BCUT2D eigenvalue weighted by Gasteiger charge is 2.30. The molecule has 0 amide bonds. The third kappa shape index (κ3) is 7.32. The number of carbonyl (C=O) groups is 1. The second-order valence-electron chi connectivity index (χ2n) is 7.08. The molecule has 0 radical (unpaired) electrons. The van der Waals surface area contributed by atoms with Crippen molar-refractivity contribution in [3.05, 3.63) is 52.9 Å². The van der Waals surface area contributed by atoms with E-state index in [0.29, 0.717) is 12.0 Å². The van der Waals surface area contributed by atoms with Gasteiger partial charge >= 0.3 is 12.1 Å². The summed E-state index contributed by atoms with van der Waals surface area (Å²) in [5.74, 6) is -1.37. The molecule has 2 N–H and O–H groups in total. The predicted octanol–water partition coefficient (Wildman–Crippen LogP) is 4.45. The Morgan fingerprint density at radius 3 is 2.70 bits per heavy atom. The molecule has 0 fully saturated rings. The summed E-state index contributed by atoms with van der Waals surface area (Å²) < 4.78 is 53.2. The molecule has 0 saturated carbocycles. The lowest BCUT2D eigenvalue weighted by atomic mass is 10.1. The molecule has 1 aromatic carbocycles. The average molecular weight is 447 g/mol. The number of imidazole rings is 1. The van der Waals surface area contributed by atoms with Gasteiger partial charge in [-0.3, -0.25) is 0 Å². The van der Waals surface area contributed by atoms with Crippen molar-refractivity contribution in [2.75, 3.05) is 6.54 Å². The number of rotatable bonds is 11. The predicted molar refractivity (Wildman–Crippen MR) is 108 cm³/mol.